The van der Waals surface area contributed by atoms with E-state index in [1.807, 2.05) is 30.3 Å². The van der Waals surface area contributed by atoms with Gasteiger partial charge in [-0.25, -0.2) is 14.0 Å². The highest BCUT2D eigenvalue weighted by Crippen LogP contribution is 2.44. The molecule has 0 saturated carbocycles. The number of halogens is 1. The largest absolute Gasteiger partial charge is 0.484 e. The van der Waals surface area contributed by atoms with Crippen LogP contribution in [0, 0.1) is 5.82 Å². The van der Waals surface area contributed by atoms with E-state index in [-0.39, 0.29) is 35.1 Å². The third-order valence-electron chi connectivity index (χ3n) is 9.31. The average Bonchev–Trinajstić information content (AvgIpc) is 3.19. The molecule has 1 N–H and O–H groups in total. The first-order valence-corrected chi connectivity index (χ1v) is 18.3. The zero-order chi connectivity index (χ0) is 39.7. The Labute approximate surface area is 325 Å². The van der Waals surface area contributed by atoms with Gasteiger partial charge in [0.1, 0.15) is 18.5 Å². The summed E-state index contributed by atoms with van der Waals surface area (Å²) in [6.07, 6.45) is -4.52. The van der Waals surface area contributed by atoms with Gasteiger partial charge in [-0.15, -0.1) is 0 Å². The van der Waals surface area contributed by atoms with E-state index in [1.165, 1.54) is 26.2 Å². The molecule has 0 unspecified atom stereocenters. The van der Waals surface area contributed by atoms with Crippen molar-refractivity contribution in [2.24, 2.45) is 0 Å². The molecule has 0 spiro atoms. The molecule has 1 fully saturated rings. The molecule has 5 aromatic carbocycles. The standard InChI is InChI=1S/C45H44FNO9/c1-29(48)47-26-25-31-23-24-36(38(52-28-30-15-8-5-9-16-30)37(31)34-21-14-22-35(46)27-34)53-44-40(55-43(50)33-19-12-7-13-20-33)39(41(51-4)45(2,3)56-44)54-42(49)32-17-10-6-11-18-32/h5-24,27,39-41,44H,25-26,28H2,1-4H3,(H,47,48)/t39-,40+,41+,44+/m0/s1. The Morgan fingerprint density at radius 1 is 0.768 bits per heavy atom. The van der Waals surface area contributed by atoms with Crippen molar-refractivity contribution < 1.29 is 47.2 Å². The van der Waals surface area contributed by atoms with E-state index >= 15 is 0 Å². The van der Waals surface area contributed by atoms with Gasteiger partial charge in [0.25, 0.3) is 0 Å². The zero-order valence-electron chi connectivity index (χ0n) is 31.6. The molecule has 1 aliphatic heterocycles. The molecule has 4 atom stereocenters. The normalized spacial score (nSPS) is 18.7. The van der Waals surface area contributed by atoms with Crippen molar-refractivity contribution in [3.8, 4) is 22.6 Å². The van der Waals surface area contributed by atoms with Gasteiger partial charge in [0.2, 0.25) is 18.3 Å². The molecule has 10 nitrogen and oxygen atoms in total. The van der Waals surface area contributed by atoms with Crippen molar-refractivity contribution in [3.05, 3.63) is 155 Å². The van der Waals surface area contributed by atoms with Crippen LogP contribution in [0.5, 0.6) is 11.5 Å². The second-order valence-electron chi connectivity index (χ2n) is 13.8. The fourth-order valence-electron chi connectivity index (χ4n) is 6.69. The molecule has 0 bridgehead atoms. The number of hydrogen-bond donors (Lipinski definition) is 1. The summed E-state index contributed by atoms with van der Waals surface area (Å²) >= 11 is 0. The minimum atomic E-state index is -1.39. The Morgan fingerprint density at radius 3 is 1.96 bits per heavy atom. The number of nitrogens with one attached hydrogen (secondary N) is 1. The number of hydrogen-bond acceptors (Lipinski definition) is 9. The van der Waals surface area contributed by atoms with Gasteiger partial charge >= 0.3 is 11.9 Å². The highest BCUT2D eigenvalue weighted by Gasteiger charge is 2.56. The van der Waals surface area contributed by atoms with Crippen LogP contribution < -0.4 is 14.8 Å². The fraction of sp³-hybridized carbons (Fsp3) is 0.267. The second kappa shape index (κ2) is 18.1. The van der Waals surface area contributed by atoms with Gasteiger partial charge < -0.3 is 33.7 Å². The molecule has 11 heteroatoms. The molecule has 1 saturated heterocycles. The van der Waals surface area contributed by atoms with Gasteiger partial charge in [0, 0.05) is 26.1 Å². The first-order valence-electron chi connectivity index (χ1n) is 18.3. The second-order valence-corrected chi connectivity index (χ2v) is 13.8. The van der Waals surface area contributed by atoms with Gasteiger partial charge in [-0.2, -0.15) is 0 Å². The minimum Gasteiger partial charge on any atom is -0.484 e. The summed E-state index contributed by atoms with van der Waals surface area (Å²) in [5, 5.41) is 2.82. The smallest absolute Gasteiger partial charge is 0.338 e. The number of ether oxygens (including phenoxy) is 6. The van der Waals surface area contributed by atoms with Crippen LogP contribution in [0.4, 0.5) is 4.39 Å². The molecule has 0 radical (unpaired) electrons. The minimum absolute atomic E-state index is 0.112. The molecule has 1 heterocycles. The van der Waals surface area contributed by atoms with E-state index in [1.54, 1.807) is 98.8 Å². The van der Waals surface area contributed by atoms with Crippen LogP contribution in [0.2, 0.25) is 0 Å². The highest BCUT2D eigenvalue weighted by molar-refractivity contribution is 5.90. The Kier molecular flexibility index (Phi) is 12.8. The Hall–Kier alpha value is -6.04. The number of methoxy groups -OCH3 is 1. The monoisotopic (exact) mass is 761 g/mol. The maximum atomic E-state index is 14.9. The third-order valence-corrected chi connectivity index (χ3v) is 9.31. The van der Waals surface area contributed by atoms with Gasteiger partial charge in [0.15, 0.2) is 17.6 Å². The van der Waals surface area contributed by atoms with E-state index < -0.39 is 48.0 Å². The van der Waals surface area contributed by atoms with Gasteiger partial charge in [0.05, 0.1) is 16.7 Å². The van der Waals surface area contributed by atoms with Crippen LogP contribution in [0.1, 0.15) is 52.6 Å². The van der Waals surface area contributed by atoms with E-state index in [0.717, 1.165) is 11.1 Å². The Bertz CT molecular complexity index is 2110. The van der Waals surface area contributed by atoms with Crippen LogP contribution in [0.15, 0.2) is 127 Å². The molecule has 1 amide bonds. The summed E-state index contributed by atoms with van der Waals surface area (Å²) in [6, 6.07) is 35.9. The molecule has 5 aromatic rings. The van der Waals surface area contributed by atoms with Crippen LogP contribution in [0.25, 0.3) is 11.1 Å². The number of carbonyl (C=O) groups is 3. The number of benzene rings is 5. The molecule has 1 aliphatic rings. The third kappa shape index (κ3) is 9.60. The van der Waals surface area contributed by atoms with Crippen molar-refractivity contribution in [2.45, 2.75) is 64.0 Å². The average molecular weight is 762 g/mol. The van der Waals surface area contributed by atoms with Gasteiger partial charge in [-0.3, -0.25) is 4.79 Å². The molecule has 6 rings (SSSR count). The Balaban J connectivity index is 1.47. The molecule has 290 valence electrons. The predicted octanol–water partition coefficient (Wildman–Crippen LogP) is 7.73. The van der Waals surface area contributed by atoms with E-state index in [9.17, 15) is 18.8 Å². The molecule has 0 aromatic heterocycles. The lowest BCUT2D eigenvalue weighted by atomic mass is 9.89. The highest BCUT2D eigenvalue weighted by atomic mass is 19.1. The van der Waals surface area contributed by atoms with Crippen molar-refractivity contribution in [2.75, 3.05) is 13.7 Å². The molecule has 0 aliphatic carbocycles. The number of amides is 1. The molecule has 56 heavy (non-hydrogen) atoms. The van der Waals surface area contributed by atoms with Gasteiger partial charge in [-0.05, 0) is 79.4 Å². The van der Waals surface area contributed by atoms with E-state index in [2.05, 4.69) is 5.32 Å². The first kappa shape index (κ1) is 39.6. The van der Waals surface area contributed by atoms with Crippen molar-refractivity contribution in [1.82, 2.24) is 5.32 Å². The first-order chi connectivity index (χ1) is 27.0. The lowest BCUT2D eigenvalue weighted by Gasteiger charge is -2.48. The number of carbonyl (C=O) groups excluding carboxylic acids is 3. The van der Waals surface area contributed by atoms with Crippen molar-refractivity contribution >= 4 is 17.8 Å². The van der Waals surface area contributed by atoms with Crippen LogP contribution in [-0.4, -0.2) is 61.7 Å². The maximum absolute atomic E-state index is 14.9. The van der Waals surface area contributed by atoms with Crippen molar-refractivity contribution in [3.63, 3.8) is 0 Å². The number of esters is 2. The summed E-state index contributed by atoms with van der Waals surface area (Å²) in [5.74, 6) is -1.61. The van der Waals surface area contributed by atoms with Gasteiger partial charge in [-0.1, -0.05) is 84.9 Å². The summed E-state index contributed by atoms with van der Waals surface area (Å²) in [5.41, 5.74) is 2.00. The number of rotatable bonds is 14. The predicted molar refractivity (Wildman–Crippen MR) is 207 cm³/mol. The lowest BCUT2D eigenvalue weighted by molar-refractivity contribution is -0.304. The molecular formula is C45H44FNO9. The Morgan fingerprint density at radius 2 is 1.38 bits per heavy atom. The van der Waals surface area contributed by atoms with Crippen molar-refractivity contribution in [1.29, 1.82) is 0 Å². The van der Waals surface area contributed by atoms with E-state index in [4.69, 9.17) is 28.4 Å². The SMILES string of the molecule is CO[C@@H]1[C@@H](OC(=O)c2ccccc2)[C@@H](OC(=O)c2ccccc2)[C@H](Oc2ccc(CCNC(C)=O)c(-c3cccc(F)c3)c2OCc2ccccc2)OC1(C)C. The summed E-state index contributed by atoms with van der Waals surface area (Å²) < 4.78 is 53.0. The topological polar surface area (TPSA) is 119 Å². The zero-order valence-corrected chi connectivity index (χ0v) is 31.6. The summed E-state index contributed by atoms with van der Waals surface area (Å²) in [6.45, 7) is 5.37. The maximum Gasteiger partial charge on any atom is 0.338 e. The summed E-state index contributed by atoms with van der Waals surface area (Å²) in [7, 11) is 1.46. The summed E-state index contributed by atoms with van der Waals surface area (Å²) in [4.78, 5) is 39.2. The van der Waals surface area contributed by atoms with Crippen LogP contribution in [-0.2, 0) is 36.8 Å². The fourth-order valence-corrected chi connectivity index (χ4v) is 6.69. The van der Waals surface area contributed by atoms with Crippen LogP contribution in [0.3, 0.4) is 0 Å². The quantitative estimate of drug-likeness (QED) is 0.114. The van der Waals surface area contributed by atoms with Crippen LogP contribution >= 0.6 is 0 Å². The lowest BCUT2D eigenvalue weighted by Crippen LogP contribution is -2.66. The van der Waals surface area contributed by atoms with E-state index in [0.29, 0.717) is 24.1 Å². The molecular weight excluding hydrogens is 717 g/mol.